The standard InChI is InChI=1S/C29H38N2O6Si/c1-29(2,3)38(4,5)36-19-20(18-32)37-25-13-8-12-24-23(25)15-17-30(24)26(33)14-9-16-31-27(34)21-10-6-7-11-22(21)28(31)35/h6-8,10-13,20,32H,9,14-19H2,1-5H3. The number of carbonyl (C=O) groups excluding carboxylic acids is 3. The number of ether oxygens (including phenoxy) is 1. The SMILES string of the molecule is CC(C)(C)[Si](C)(C)OCC(CO)Oc1cccc2c1CCN2C(=O)CCCN1C(=O)c2ccccc2C1=O. The number of nitrogens with zero attached hydrogens (tertiary/aromatic N) is 2. The maximum Gasteiger partial charge on any atom is 0.261 e. The lowest BCUT2D eigenvalue weighted by Crippen LogP contribution is -2.44. The summed E-state index contributed by atoms with van der Waals surface area (Å²) in [4.78, 5) is 41.2. The van der Waals surface area contributed by atoms with Crippen LogP contribution in [0.3, 0.4) is 0 Å². The smallest absolute Gasteiger partial charge is 0.261 e. The molecule has 0 bridgehead atoms. The van der Waals surface area contributed by atoms with E-state index in [0.29, 0.717) is 42.9 Å². The van der Waals surface area contributed by atoms with Gasteiger partial charge in [-0.3, -0.25) is 19.3 Å². The molecule has 1 N–H and O–H groups in total. The average Bonchev–Trinajstić information content (AvgIpc) is 3.42. The molecule has 0 fully saturated rings. The molecule has 0 aliphatic carbocycles. The molecule has 0 aromatic heterocycles. The fourth-order valence-corrected chi connectivity index (χ4v) is 5.59. The molecule has 2 aliphatic heterocycles. The highest BCUT2D eigenvalue weighted by Gasteiger charge is 2.38. The third-order valence-corrected chi connectivity index (χ3v) is 12.4. The minimum atomic E-state index is -1.99. The Kier molecular flexibility index (Phi) is 8.11. The summed E-state index contributed by atoms with van der Waals surface area (Å²) in [6.07, 6.45) is 0.762. The fraction of sp³-hybridized carbons (Fsp3) is 0.483. The number of rotatable bonds is 10. The Morgan fingerprint density at radius 1 is 1.05 bits per heavy atom. The third-order valence-electron chi connectivity index (χ3n) is 7.87. The first-order chi connectivity index (χ1) is 17.9. The molecule has 2 heterocycles. The van der Waals surface area contributed by atoms with Crippen LogP contribution in [0, 0.1) is 0 Å². The van der Waals surface area contributed by atoms with Crippen LogP contribution in [0.5, 0.6) is 5.75 Å². The summed E-state index contributed by atoms with van der Waals surface area (Å²) in [6.45, 7) is 11.7. The molecule has 0 saturated carbocycles. The molecule has 0 radical (unpaired) electrons. The van der Waals surface area contributed by atoms with Gasteiger partial charge in [-0.1, -0.05) is 39.0 Å². The number of hydrogen-bond acceptors (Lipinski definition) is 6. The van der Waals surface area contributed by atoms with Gasteiger partial charge in [-0.05, 0) is 55.2 Å². The summed E-state index contributed by atoms with van der Waals surface area (Å²) in [6, 6.07) is 12.4. The van der Waals surface area contributed by atoms with Crippen LogP contribution in [0.4, 0.5) is 5.69 Å². The summed E-state index contributed by atoms with van der Waals surface area (Å²) in [7, 11) is -1.99. The number of imide groups is 1. The number of aliphatic hydroxyl groups excluding tert-OH is 1. The largest absolute Gasteiger partial charge is 0.485 e. The van der Waals surface area contributed by atoms with Gasteiger partial charge in [-0.25, -0.2) is 0 Å². The van der Waals surface area contributed by atoms with E-state index in [9.17, 15) is 19.5 Å². The fourth-order valence-electron chi connectivity index (χ4n) is 4.56. The number of benzene rings is 2. The first kappa shape index (κ1) is 28.0. The van der Waals surface area contributed by atoms with Crippen LogP contribution in [0.1, 0.15) is 59.9 Å². The number of carbonyl (C=O) groups is 3. The predicted octanol–water partition coefficient (Wildman–Crippen LogP) is 4.41. The first-order valence-electron chi connectivity index (χ1n) is 13.2. The second-order valence-electron chi connectivity index (χ2n) is 11.5. The highest BCUT2D eigenvalue weighted by Crippen LogP contribution is 2.38. The highest BCUT2D eigenvalue weighted by atomic mass is 28.4. The zero-order valence-electron chi connectivity index (χ0n) is 23.0. The molecule has 1 unspecified atom stereocenters. The van der Waals surface area contributed by atoms with E-state index in [4.69, 9.17) is 9.16 Å². The van der Waals surface area contributed by atoms with Gasteiger partial charge in [0.15, 0.2) is 8.32 Å². The Balaban J connectivity index is 1.35. The first-order valence-corrected chi connectivity index (χ1v) is 16.1. The number of aliphatic hydroxyl groups is 1. The van der Waals surface area contributed by atoms with E-state index >= 15 is 0 Å². The third kappa shape index (κ3) is 5.55. The molecular weight excluding hydrogens is 500 g/mol. The van der Waals surface area contributed by atoms with Crippen molar-refractivity contribution in [2.45, 2.75) is 64.3 Å². The van der Waals surface area contributed by atoms with Crippen LogP contribution in [-0.4, -0.2) is 68.5 Å². The molecule has 38 heavy (non-hydrogen) atoms. The van der Waals surface area contributed by atoms with Gasteiger partial charge in [0.25, 0.3) is 11.8 Å². The van der Waals surface area contributed by atoms with E-state index in [1.165, 1.54) is 4.90 Å². The van der Waals surface area contributed by atoms with Gasteiger partial charge in [-0.15, -0.1) is 0 Å². The van der Waals surface area contributed by atoms with E-state index in [0.717, 1.165) is 11.3 Å². The normalized spacial score (nSPS) is 16.1. The summed E-state index contributed by atoms with van der Waals surface area (Å²) < 4.78 is 12.4. The zero-order chi connectivity index (χ0) is 27.7. The topological polar surface area (TPSA) is 96.4 Å². The van der Waals surface area contributed by atoms with Crippen LogP contribution in [-0.2, 0) is 15.6 Å². The van der Waals surface area contributed by atoms with Crippen molar-refractivity contribution < 1.29 is 28.7 Å². The average molecular weight is 539 g/mol. The predicted molar refractivity (Wildman–Crippen MR) is 148 cm³/mol. The molecule has 0 saturated heterocycles. The lowest BCUT2D eigenvalue weighted by molar-refractivity contribution is -0.118. The summed E-state index contributed by atoms with van der Waals surface area (Å²) >= 11 is 0. The molecule has 0 spiro atoms. The minimum Gasteiger partial charge on any atom is -0.485 e. The van der Waals surface area contributed by atoms with Crippen molar-refractivity contribution in [3.8, 4) is 5.75 Å². The highest BCUT2D eigenvalue weighted by molar-refractivity contribution is 6.74. The lowest BCUT2D eigenvalue weighted by atomic mass is 10.1. The Bertz CT molecular complexity index is 1190. The van der Waals surface area contributed by atoms with Gasteiger partial charge < -0.3 is 19.2 Å². The van der Waals surface area contributed by atoms with Crippen LogP contribution in [0.15, 0.2) is 42.5 Å². The second-order valence-corrected chi connectivity index (χ2v) is 16.3. The van der Waals surface area contributed by atoms with E-state index in [2.05, 4.69) is 33.9 Å². The van der Waals surface area contributed by atoms with Crippen molar-refractivity contribution in [3.05, 3.63) is 59.2 Å². The van der Waals surface area contributed by atoms with Crippen molar-refractivity contribution in [2.75, 3.05) is 31.2 Å². The number of amides is 3. The number of anilines is 1. The van der Waals surface area contributed by atoms with E-state index < -0.39 is 14.4 Å². The zero-order valence-corrected chi connectivity index (χ0v) is 24.0. The van der Waals surface area contributed by atoms with E-state index in [1.54, 1.807) is 29.2 Å². The van der Waals surface area contributed by atoms with Crippen molar-refractivity contribution in [1.82, 2.24) is 4.90 Å². The molecule has 3 amide bonds. The Labute approximate surface area is 225 Å². The molecular formula is C29H38N2O6Si. The summed E-state index contributed by atoms with van der Waals surface area (Å²) in [5, 5.41) is 10.0. The van der Waals surface area contributed by atoms with Gasteiger partial charge in [-0.2, -0.15) is 0 Å². The molecule has 2 aliphatic rings. The molecule has 2 aromatic rings. The van der Waals surface area contributed by atoms with Gasteiger partial charge >= 0.3 is 0 Å². The monoisotopic (exact) mass is 538 g/mol. The van der Waals surface area contributed by atoms with Gasteiger partial charge in [0, 0.05) is 25.1 Å². The van der Waals surface area contributed by atoms with E-state index in [-0.39, 0.29) is 42.3 Å². The van der Waals surface area contributed by atoms with Gasteiger partial charge in [0.2, 0.25) is 5.91 Å². The van der Waals surface area contributed by atoms with Crippen LogP contribution in [0.2, 0.25) is 18.1 Å². The maximum atomic E-state index is 13.1. The maximum absolute atomic E-state index is 13.1. The molecule has 4 rings (SSSR count). The van der Waals surface area contributed by atoms with Crippen LogP contribution < -0.4 is 9.64 Å². The van der Waals surface area contributed by atoms with Gasteiger partial charge in [0.1, 0.15) is 11.9 Å². The van der Waals surface area contributed by atoms with Crippen molar-refractivity contribution >= 4 is 31.7 Å². The Hall–Kier alpha value is -3.01. The minimum absolute atomic E-state index is 0.0567. The molecule has 204 valence electrons. The number of hydrogen-bond donors (Lipinski definition) is 1. The number of fused-ring (bicyclic) bond motifs is 2. The summed E-state index contributed by atoms with van der Waals surface area (Å²) in [5.74, 6) is -0.0103. The molecule has 9 heteroatoms. The van der Waals surface area contributed by atoms with Crippen LogP contribution >= 0.6 is 0 Å². The van der Waals surface area contributed by atoms with Crippen molar-refractivity contribution in [3.63, 3.8) is 0 Å². The van der Waals surface area contributed by atoms with Crippen molar-refractivity contribution in [1.29, 1.82) is 0 Å². The second kappa shape index (κ2) is 11.0. The Morgan fingerprint density at radius 2 is 1.71 bits per heavy atom. The van der Waals surface area contributed by atoms with Crippen LogP contribution in [0.25, 0.3) is 0 Å². The summed E-state index contributed by atoms with van der Waals surface area (Å²) in [5.41, 5.74) is 2.57. The Morgan fingerprint density at radius 3 is 2.32 bits per heavy atom. The molecule has 2 aromatic carbocycles. The lowest BCUT2D eigenvalue weighted by Gasteiger charge is -2.37. The van der Waals surface area contributed by atoms with Gasteiger partial charge in [0.05, 0.1) is 30.0 Å². The van der Waals surface area contributed by atoms with Crippen molar-refractivity contribution in [2.24, 2.45) is 0 Å². The quantitative estimate of drug-likeness (QED) is 0.356. The van der Waals surface area contributed by atoms with E-state index in [1.807, 2.05) is 18.2 Å². The molecule has 1 atom stereocenters. The molecule has 8 nitrogen and oxygen atoms in total.